The van der Waals surface area contributed by atoms with E-state index in [0.29, 0.717) is 6.61 Å². The number of hydrogen-bond acceptors (Lipinski definition) is 5. The largest absolute Gasteiger partial charge is 0.487 e. The van der Waals surface area contributed by atoms with E-state index in [9.17, 15) is 5.11 Å². The number of rotatable bonds is 6. The van der Waals surface area contributed by atoms with E-state index in [1.807, 2.05) is 35.6 Å². The van der Waals surface area contributed by atoms with Gasteiger partial charge in [-0.1, -0.05) is 45.0 Å². The summed E-state index contributed by atoms with van der Waals surface area (Å²) in [6, 6.07) is 7.47. The Labute approximate surface area is 172 Å². The van der Waals surface area contributed by atoms with E-state index in [-0.39, 0.29) is 17.4 Å². The molecule has 5 heteroatoms. The molecule has 0 unspecified atom stereocenters. The van der Waals surface area contributed by atoms with Crippen molar-refractivity contribution in [3.8, 4) is 5.75 Å². The van der Waals surface area contributed by atoms with Gasteiger partial charge in [0.15, 0.2) is 0 Å². The lowest BCUT2D eigenvalue weighted by molar-refractivity contribution is 0.210. The van der Waals surface area contributed by atoms with Crippen LogP contribution in [0.1, 0.15) is 67.0 Å². The summed E-state index contributed by atoms with van der Waals surface area (Å²) in [4.78, 5) is 7.78. The van der Waals surface area contributed by atoms with Gasteiger partial charge in [0.2, 0.25) is 0 Å². The predicted molar refractivity (Wildman–Crippen MR) is 116 cm³/mol. The number of aliphatic hydroxyl groups is 1. The molecule has 1 aromatic carbocycles. The molecule has 0 bridgehead atoms. The van der Waals surface area contributed by atoms with Crippen LogP contribution in [-0.2, 0) is 22.3 Å². The fourth-order valence-electron chi connectivity index (χ4n) is 4.03. The SMILES string of the molecule is CO/N=C(\COc1ccc(CO)cc1)c1sc2c(c1C)C(C)(C)CCC2(C)C. The van der Waals surface area contributed by atoms with Crippen molar-refractivity contribution in [2.75, 3.05) is 13.7 Å². The maximum Gasteiger partial charge on any atom is 0.135 e. The van der Waals surface area contributed by atoms with Crippen LogP contribution in [0.25, 0.3) is 0 Å². The minimum absolute atomic E-state index is 0.0299. The first kappa shape index (κ1) is 20.9. The van der Waals surface area contributed by atoms with Crippen LogP contribution in [0.2, 0.25) is 0 Å². The average Bonchev–Trinajstić information content (AvgIpc) is 3.03. The summed E-state index contributed by atoms with van der Waals surface area (Å²) in [5.74, 6) is 0.751. The maximum atomic E-state index is 9.19. The topological polar surface area (TPSA) is 51.0 Å². The molecule has 1 aliphatic carbocycles. The van der Waals surface area contributed by atoms with Gasteiger partial charge in [-0.15, -0.1) is 11.3 Å². The van der Waals surface area contributed by atoms with Crippen molar-refractivity contribution in [3.05, 3.63) is 50.7 Å². The summed E-state index contributed by atoms with van der Waals surface area (Å²) in [7, 11) is 1.58. The van der Waals surface area contributed by atoms with Gasteiger partial charge in [-0.05, 0) is 59.4 Å². The Bertz CT molecular complexity index is 863. The third kappa shape index (κ3) is 3.96. The second kappa shape index (κ2) is 7.88. The summed E-state index contributed by atoms with van der Waals surface area (Å²) in [5.41, 5.74) is 4.80. The molecule has 1 aliphatic rings. The molecule has 0 radical (unpaired) electrons. The van der Waals surface area contributed by atoms with E-state index in [4.69, 9.17) is 9.57 Å². The molecule has 0 saturated carbocycles. The number of benzene rings is 1. The van der Waals surface area contributed by atoms with Crippen molar-refractivity contribution < 1.29 is 14.7 Å². The van der Waals surface area contributed by atoms with Gasteiger partial charge in [0.05, 0.1) is 11.5 Å². The molecule has 1 N–H and O–H groups in total. The minimum atomic E-state index is 0.0299. The molecule has 0 saturated heterocycles. The molecule has 3 rings (SSSR count). The van der Waals surface area contributed by atoms with Crippen LogP contribution in [0.15, 0.2) is 29.4 Å². The standard InChI is InChI=1S/C23H31NO3S/c1-15-19-21(23(4,5)12-11-22(19,2)3)28-20(15)18(24-26-6)14-27-17-9-7-16(13-25)8-10-17/h7-10,25H,11-14H2,1-6H3/b24-18+. The van der Waals surface area contributed by atoms with Crippen molar-refractivity contribution in [2.24, 2.45) is 5.16 Å². The van der Waals surface area contributed by atoms with Crippen molar-refractivity contribution in [1.82, 2.24) is 0 Å². The molecule has 0 amide bonds. The number of aliphatic hydroxyl groups excluding tert-OH is 1. The first-order chi connectivity index (χ1) is 13.2. The Morgan fingerprint density at radius 3 is 2.32 bits per heavy atom. The zero-order valence-corrected chi connectivity index (χ0v) is 18.6. The lowest BCUT2D eigenvalue weighted by Crippen LogP contribution is -2.32. The second-order valence-electron chi connectivity index (χ2n) is 8.84. The van der Waals surface area contributed by atoms with E-state index in [0.717, 1.165) is 21.9 Å². The molecule has 0 fully saturated rings. The Kier molecular flexibility index (Phi) is 5.87. The molecule has 1 aromatic heterocycles. The van der Waals surface area contributed by atoms with Crippen LogP contribution >= 0.6 is 11.3 Å². The van der Waals surface area contributed by atoms with Crippen molar-refractivity contribution >= 4 is 17.0 Å². The molecular formula is C23H31NO3S. The molecule has 4 nitrogen and oxygen atoms in total. The van der Waals surface area contributed by atoms with Crippen LogP contribution in [0.3, 0.4) is 0 Å². The summed E-state index contributed by atoms with van der Waals surface area (Å²) >= 11 is 1.84. The van der Waals surface area contributed by atoms with E-state index in [2.05, 4.69) is 39.8 Å². The normalized spacial score (nSPS) is 17.9. The third-order valence-electron chi connectivity index (χ3n) is 5.76. The monoisotopic (exact) mass is 401 g/mol. The van der Waals surface area contributed by atoms with E-state index in [1.165, 1.54) is 28.8 Å². The van der Waals surface area contributed by atoms with Gasteiger partial charge in [0.25, 0.3) is 0 Å². The van der Waals surface area contributed by atoms with Gasteiger partial charge in [0, 0.05) is 4.88 Å². The highest BCUT2D eigenvalue weighted by Gasteiger charge is 2.41. The highest BCUT2D eigenvalue weighted by atomic mass is 32.1. The van der Waals surface area contributed by atoms with Gasteiger partial charge in [0.1, 0.15) is 25.2 Å². The summed E-state index contributed by atoms with van der Waals surface area (Å²) < 4.78 is 5.98. The molecule has 0 spiro atoms. The molecule has 0 atom stereocenters. The number of fused-ring (bicyclic) bond motifs is 1. The number of hydrogen-bond donors (Lipinski definition) is 1. The smallest absolute Gasteiger partial charge is 0.135 e. The molecule has 2 aromatic rings. The Morgan fingerprint density at radius 1 is 1.11 bits per heavy atom. The molecular weight excluding hydrogens is 370 g/mol. The second-order valence-corrected chi connectivity index (χ2v) is 9.86. The first-order valence-electron chi connectivity index (χ1n) is 9.77. The van der Waals surface area contributed by atoms with Crippen molar-refractivity contribution in [2.45, 2.75) is 64.9 Å². The number of thiophene rings is 1. The van der Waals surface area contributed by atoms with Crippen molar-refractivity contribution in [3.63, 3.8) is 0 Å². The van der Waals surface area contributed by atoms with Crippen molar-refractivity contribution in [1.29, 1.82) is 0 Å². The number of nitrogens with zero attached hydrogens (tertiary/aromatic N) is 1. The summed E-state index contributed by atoms with van der Waals surface area (Å²) in [5, 5.41) is 13.5. The fraction of sp³-hybridized carbons (Fsp3) is 0.522. The van der Waals surface area contributed by atoms with Gasteiger partial charge in [-0.25, -0.2) is 0 Å². The summed E-state index contributed by atoms with van der Waals surface area (Å²) in [6.45, 7) is 11.9. The summed E-state index contributed by atoms with van der Waals surface area (Å²) in [6.07, 6.45) is 2.38. The van der Waals surface area contributed by atoms with Crippen LogP contribution in [0.4, 0.5) is 0 Å². The fourth-order valence-corrected chi connectivity index (χ4v) is 5.61. The van der Waals surface area contributed by atoms with Gasteiger partial charge in [-0.3, -0.25) is 0 Å². The van der Waals surface area contributed by atoms with E-state index in [1.54, 1.807) is 7.11 Å². The minimum Gasteiger partial charge on any atom is -0.487 e. The Hall–Kier alpha value is -1.85. The van der Waals surface area contributed by atoms with Crippen LogP contribution in [0, 0.1) is 6.92 Å². The number of oxime groups is 1. The molecule has 0 aliphatic heterocycles. The van der Waals surface area contributed by atoms with Gasteiger partial charge in [-0.2, -0.15) is 0 Å². The Balaban J connectivity index is 1.93. The number of ether oxygens (including phenoxy) is 1. The zero-order chi connectivity index (χ0) is 20.5. The molecule has 152 valence electrons. The third-order valence-corrected chi connectivity index (χ3v) is 7.47. The lowest BCUT2D eigenvalue weighted by atomic mass is 9.66. The quantitative estimate of drug-likeness (QED) is 0.526. The lowest BCUT2D eigenvalue weighted by Gasteiger charge is -2.39. The highest BCUT2D eigenvalue weighted by molar-refractivity contribution is 7.14. The molecule has 1 heterocycles. The van der Waals surface area contributed by atoms with Gasteiger partial charge >= 0.3 is 0 Å². The predicted octanol–water partition coefficient (Wildman–Crippen LogP) is 5.33. The van der Waals surface area contributed by atoms with E-state index < -0.39 is 0 Å². The van der Waals surface area contributed by atoms with Crippen LogP contribution < -0.4 is 4.74 Å². The van der Waals surface area contributed by atoms with Crippen LogP contribution in [0.5, 0.6) is 5.75 Å². The van der Waals surface area contributed by atoms with E-state index >= 15 is 0 Å². The van der Waals surface area contributed by atoms with Gasteiger partial charge < -0.3 is 14.7 Å². The zero-order valence-electron chi connectivity index (χ0n) is 17.8. The average molecular weight is 402 g/mol. The first-order valence-corrected chi connectivity index (χ1v) is 10.6. The van der Waals surface area contributed by atoms with Crippen LogP contribution in [-0.4, -0.2) is 24.5 Å². The Morgan fingerprint density at radius 2 is 1.75 bits per heavy atom. The molecule has 28 heavy (non-hydrogen) atoms. The maximum absolute atomic E-state index is 9.19. The highest BCUT2D eigenvalue weighted by Crippen LogP contribution is 2.51.